The van der Waals surface area contributed by atoms with Crippen molar-refractivity contribution in [2.45, 2.75) is 13.8 Å². The van der Waals surface area contributed by atoms with E-state index in [1.165, 1.54) is 0 Å². The quantitative estimate of drug-likeness (QED) is 0.799. The van der Waals surface area contributed by atoms with Crippen molar-refractivity contribution in [3.63, 3.8) is 0 Å². The van der Waals surface area contributed by atoms with Crippen LogP contribution in [0.15, 0.2) is 6.20 Å². The fourth-order valence-electron chi connectivity index (χ4n) is 1.49. The highest BCUT2D eigenvalue weighted by atomic mass is 35.5. The van der Waals surface area contributed by atoms with Crippen LogP contribution in [0.25, 0.3) is 5.82 Å². The molecule has 0 spiro atoms. The van der Waals surface area contributed by atoms with Crippen LogP contribution in [0.5, 0.6) is 0 Å². The Morgan fingerprint density at radius 1 is 1.33 bits per heavy atom. The summed E-state index contributed by atoms with van der Waals surface area (Å²) in [6.45, 7) is 3.74. The van der Waals surface area contributed by atoms with Crippen LogP contribution in [-0.4, -0.2) is 19.6 Å². The standard InChI is InChI=1S/C9H12ClN5/c1-5-8(10)6(2)15(12-5)9-7(11)4-14(3)13-9/h4H,11H2,1-3H3. The van der Waals surface area contributed by atoms with Gasteiger partial charge in [-0.2, -0.15) is 10.2 Å². The molecule has 0 aliphatic carbocycles. The van der Waals surface area contributed by atoms with Gasteiger partial charge < -0.3 is 5.73 Å². The van der Waals surface area contributed by atoms with Gasteiger partial charge in [0.1, 0.15) is 0 Å². The van der Waals surface area contributed by atoms with Crippen LogP contribution in [-0.2, 0) is 7.05 Å². The lowest BCUT2D eigenvalue weighted by molar-refractivity contribution is 0.721. The van der Waals surface area contributed by atoms with E-state index in [2.05, 4.69) is 10.2 Å². The Morgan fingerprint density at radius 3 is 2.40 bits per heavy atom. The number of anilines is 1. The molecule has 5 nitrogen and oxygen atoms in total. The molecule has 2 heterocycles. The van der Waals surface area contributed by atoms with Gasteiger partial charge in [-0.25, -0.2) is 4.68 Å². The van der Waals surface area contributed by atoms with E-state index in [0.29, 0.717) is 16.5 Å². The minimum Gasteiger partial charge on any atom is -0.394 e. The summed E-state index contributed by atoms with van der Waals surface area (Å²) < 4.78 is 3.31. The number of aromatic nitrogens is 4. The van der Waals surface area contributed by atoms with Crippen molar-refractivity contribution >= 4 is 17.3 Å². The van der Waals surface area contributed by atoms with Crippen molar-refractivity contribution in [1.82, 2.24) is 19.6 Å². The summed E-state index contributed by atoms with van der Waals surface area (Å²) in [7, 11) is 1.81. The summed E-state index contributed by atoms with van der Waals surface area (Å²) in [5.74, 6) is 0.616. The third-order valence-electron chi connectivity index (χ3n) is 2.24. The largest absolute Gasteiger partial charge is 0.394 e. The summed E-state index contributed by atoms with van der Waals surface area (Å²) in [5.41, 5.74) is 8.02. The number of rotatable bonds is 1. The molecule has 2 N–H and O–H groups in total. The third-order valence-corrected chi connectivity index (χ3v) is 2.79. The zero-order chi connectivity index (χ0) is 11.2. The monoisotopic (exact) mass is 225 g/mol. The van der Waals surface area contributed by atoms with Gasteiger partial charge in [0.25, 0.3) is 0 Å². The van der Waals surface area contributed by atoms with Gasteiger partial charge in [-0.05, 0) is 13.8 Å². The Bertz CT molecular complexity index is 511. The van der Waals surface area contributed by atoms with Crippen LogP contribution in [0.2, 0.25) is 5.02 Å². The van der Waals surface area contributed by atoms with Crippen molar-refractivity contribution in [1.29, 1.82) is 0 Å². The molecule has 15 heavy (non-hydrogen) atoms. The molecule has 2 aromatic heterocycles. The van der Waals surface area contributed by atoms with Crippen molar-refractivity contribution < 1.29 is 0 Å². The maximum Gasteiger partial charge on any atom is 0.198 e. The molecule has 0 unspecified atom stereocenters. The first-order valence-corrected chi connectivity index (χ1v) is 4.89. The second kappa shape index (κ2) is 3.27. The Balaban J connectivity index is 2.64. The van der Waals surface area contributed by atoms with E-state index in [-0.39, 0.29) is 0 Å². The number of hydrogen-bond donors (Lipinski definition) is 1. The van der Waals surface area contributed by atoms with Gasteiger partial charge in [-0.3, -0.25) is 4.68 Å². The van der Waals surface area contributed by atoms with E-state index in [9.17, 15) is 0 Å². The molecule has 0 bridgehead atoms. The Kier molecular flexibility index (Phi) is 2.19. The topological polar surface area (TPSA) is 61.7 Å². The van der Waals surface area contributed by atoms with Crippen LogP contribution in [0.1, 0.15) is 11.4 Å². The molecule has 0 radical (unpaired) electrons. The lowest BCUT2D eigenvalue weighted by Gasteiger charge is -2.00. The summed E-state index contributed by atoms with van der Waals surface area (Å²) in [4.78, 5) is 0. The number of halogens is 1. The van der Waals surface area contributed by atoms with Gasteiger partial charge in [-0.1, -0.05) is 11.6 Å². The number of hydrogen-bond acceptors (Lipinski definition) is 3. The SMILES string of the molecule is Cc1nn(-c2nn(C)cc2N)c(C)c1Cl. The van der Waals surface area contributed by atoms with Crippen molar-refractivity contribution in [3.8, 4) is 5.82 Å². The molecule has 0 amide bonds. The molecule has 0 aliphatic heterocycles. The summed E-state index contributed by atoms with van der Waals surface area (Å²) in [6.07, 6.45) is 1.74. The van der Waals surface area contributed by atoms with Crippen LogP contribution < -0.4 is 5.73 Å². The van der Waals surface area contributed by atoms with E-state index < -0.39 is 0 Å². The highest BCUT2D eigenvalue weighted by Crippen LogP contribution is 2.23. The normalized spacial score (nSPS) is 10.9. The van der Waals surface area contributed by atoms with Crippen LogP contribution in [0.3, 0.4) is 0 Å². The van der Waals surface area contributed by atoms with E-state index in [0.717, 1.165) is 11.4 Å². The number of nitrogen functional groups attached to an aromatic ring is 1. The molecule has 0 fully saturated rings. The molecule has 0 aromatic carbocycles. The van der Waals surface area contributed by atoms with E-state index >= 15 is 0 Å². The number of aryl methyl sites for hydroxylation is 2. The molecule has 2 aromatic rings. The maximum atomic E-state index is 6.05. The predicted octanol–water partition coefficient (Wildman–Crippen LogP) is 1.46. The molecule has 80 valence electrons. The van der Waals surface area contributed by atoms with E-state index in [1.54, 1.807) is 15.6 Å². The summed E-state index contributed by atoms with van der Waals surface area (Å²) >= 11 is 6.05. The first kappa shape index (κ1) is 10.0. The average Bonchev–Trinajstić information content (AvgIpc) is 2.61. The van der Waals surface area contributed by atoms with Crippen molar-refractivity contribution in [2.75, 3.05) is 5.73 Å². The molecular formula is C9H12ClN5. The van der Waals surface area contributed by atoms with Crippen LogP contribution in [0.4, 0.5) is 5.69 Å². The molecule has 2 rings (SSSR count). The van der Waals surface area contributed by atoms with Gasteiger partial charge in [0.2, 0.25) is 0 Å². The van der Waals surface area contributed by atoms with E-state index in [4.69, 9.17) is 17.3 Å². The Morgan fingerprint density at radius 2 is 2.00 bits per heavy atom. The first-order chi connectivity index (χ1) is 7.00. The van der Waals surface area contributed by atoms with Crippen molar-refractivity contribution in [3.05, 3.63) is 22.6 Å². The Labute approximate surface area is 92.4 Å². The van der Waals surface area contributed by atoms with Gasteiger partial charge in [0, 0.05) is 13.2 Å². The zero-order valence-electron chi connectivity index (χ0n) is 8.82. The lowest BCUT2D eigenvalue weighted by atomic mass is 10.4. The predicted molar refractivity (Wildman–Crippen MR) is 59.2 cm³/mol. The maximum absolute atomic E-state index is 6.05. The second-order valence-corrected chi connectivity index (χ2v) is 3.86. The zero-order valence-corrected chi connectivity index (χ0v) is 9.58. The van der Waals surface area contributed by atoms with Crippen molar-refractivity contribution in [2.24, 2.45) is 7.05 Å². The van der Waals surface area contributed by atoms with Crippen LogP contribution >= 0.6 is 11.6 Å². The fourth-order valence-corrected chi connectivity index (χ4v) is 1.61. The van der Waals surface area contributed by atoms with E-state index in [1.807, 2.05) is 20.9 Å². The highest BCUT2D eigenvalue weighted by molar-refractivity contribution is 6.31. The molecule has 6 heteroatoms. The Hall–Kier alpha value is -1.49. The molecule has 0 atom stereocenters. The third kappa shape index (κ3) is 1.48. The molecular weight excluding hydrogens is 214 g/mol. The van der Waals surface area contributed by atoms with Gasteiger partial charge in [0.05, 0.1) is 22.1 Å². The van der Waals surface area contributed by atoms with Gasteiger partial charge in [-0.15, -0.1) is 0 Å². The highest BCUT2D eigenvalue weighted by Gasteiger charge is 2.14. The minimum absolute atomic E-state index is 0.583. The smallest absolute Gasteiger partial charge is 0.198 e. The summed E-state index contributed by atoms with van der Waals surface area (Å²) in [5, 5.41) is 9.17. The number of nitrogens with zero attached hydrogens (tertiary/aromatic N) is 4. The van der Waals surface area contributed by atoms with Crippen LogP contribution in [0, 0.1) is 13.8 Å². The first-order valence-electron chi connectivity index (χ1n) is 4.52. The minimum atomic E-state index is 0.583. The van der Waals surface area contributed by atoms with Gasteiger partial charge in [0.15, 0.2) is 5.82 Å². The molecule has 0 aliphatic rings. The lowest BCUT2D eigenvalue weighted by Crippen LogP contribution is -2.03. The summed E-state index contributed by atoms with van der Waals surface area (Å²) in [6, 6.07) is 0. The average molecular weight is 226 g/mol. The molecule has 0 saturated carbocycles. The number of nitrogens with two attached hydrogens (primary N) is 1. The fraction of sp³-hybridized carbons (Fsp3) is 0.333. The second-order valence-electron chi connectivity index (χ2n) is 3.48. The van der Waals surface area contributed by atoms with Gasteiger partial charge >= 0.3 is 0 Å². The molecule has 0 saturated heterocycles.